The van der Waals surface area contributed by atoms with E-state index in [2.05, 4.69) is 10.6 Å². The number of rotatable bonds is 1. The van der Waals surface area contributed by atoms with Gasteiger partial charge in [0.2, 0.25) is 0 Å². The van der Waals surface area contributed by atoms with Crippen LogP contribution in [0.25, 0.3) is 0 Å². The van der Waals surface area contributed by atoms with Crippen LogP contribution in [0.4, 0.5) is 0 Å². The number of ether oxygens (including phenoxy) is 1. The summed E-state index contributed by atoms with van der Waals surface area (Å²) < 4.78 is 8.17. The molecule has 1 unspecified atom stereocenters. The van der Waals surface area contributed by atoms with Crippen LogP contribution < -0.4 is 0 Å². The molecule has 1 aromatic heterocycles. The Kier molecular flexibility index (Phi) is 2.68. The summed E-state index contributed by atoms with van der Waals surface area (Å²) >= 11 is 0. The second-order valence-electron chi connectivity index (χ2n) is 5.30. The zero-order chi connectivity index (χ0) is 11.7. The van der Waals surface area contributed by atoms with Gasteiger partial charge in [-0.15, -0.1) is 0 Å². The van der Waals surface area contributed by atoms with Gasteiger partial charge >= 0.3 is 0 Å². The molecule has 2 fully saturated rings. The fourth-order valence-corrected chi connectivity index (χ4v) is 3.41. The van der Waals surface area contributed by atoms with Crippen molar-refractivity contribution in [1.29, 1.82) is 5.26 Å². The largest absolute Gasteiger partial charge is 0.375 e. The van der Waals surface area contributed by atoms with Gasteiger partial charge in [0.15, 0.2) is 0 Å². The molecule has 1 aliphatic carbocycles. The fraction of sp³-hybridized carbons (Fsp3) is 0.643. The summed E-state index contributed by atoms with van der Waals surface area (Å²) in [4.78, 5) is 0. The fourth-order valence-electron chi connectivity index (χ4n) is 3.41. The van der Waals surface area contributed by atoms with Crippen molar-refractivity contribution in [3.63, 3.8) is 0 Å². The van der Waals surface area contributed by atoms with E-state index in [-0.39, 0.29) is 5.60 Å². The van der Waals surface area contributed by atoms with E-state index in [1.165, 1.54) is 25.7 Å². The topological polar surface area (TPSA) is 38.0 Å². The second kappa shape index (κ2) is 4.19. The number of nitrogens with zero attached hydrogens (tertiary/aromatic N) is 2. The van der Waals surface area contributed by atoms with E-state index in [1.807, 2.05) is 18.3 Å². The molecule has 0 bridgehead atoms. The highest BCUT2D eigenvalue weighted by molar-refractivity contribution is 5.23. The Morgan fingerprint density at radius 3 is 3.00 bits per heavy atom. The summed E-state index contributed by atoms with van der Waals surface area (Å²) in [5, 5.41) is 9.09. The van der Waals surface area contributed by atoms with E-state index in [0.717, 1.165) is 25.1 Å². The van der Waals surface area contributed by atoms with Crippen molar-refractivity contribution in [2.45, 2.75) is 50.2 Å². The highest BCUT2D eigenvalue weighted by Crippen LogP contribution is 2.43. The van der Waals surface area contributed by atoms with Crippen molar-refractivity contribution in [3.8, 4) is 6.07 Å². The predicted octanol–water partition coefficient (Wildman–Crippen LogP) is 3.02. The Morgan fingerprint density at radius 1 is 1.41 bits per heavy atom. The lowest BCUT2D eigenvalue weighted by molar-refractivity contribution is -0.0895. The normalized spacial score (nSPS) is 27.1. The van der Waals surface area contributed by atoms with Crippen molar-refractivity contribution in [3.05, 3.63) is 24.0 Å². The smallest absolute Gasteiger partial charge is 0.120 e. The molecule has 0 aromatic carbocycles. The Bertz CT molecular complexity index is 437. The van der Waals surface area contributed by atoms with Crippen molar-refractivity contribution >= 4 is 0 Å². The van der Waals surface area contributed by atoms with Crippen molar-refractivity contribution in [1.82, 2.24) is 4.57 Å². The summed E-state index contributed by atoms with van der Waals surface area (Å²) in [6.45, 7) is 0.841. The molecule has 90 valence electrons. The first-order valence-corrected chi connectivity index (χ1v) is 6.54. The van der Waals surface area contributed by atoms with Crippen LogP contribution >= 0.6 is 0 Å². The van der Waals surface area contributed by atoms with Crippen LogP contribution in [0.1, 0.15) is 50.3 Å². The lowest BCUT2D eigenvalue weighted by atomic mass is 9.88. The number of nitriles is 1. The zero-order valence-electron chi connectivity index (χ0n) is 10.1. The highest BCUT2D eigenvalue weighted by Gasteiger charge is 2.40. The van der Waals surface area contributed by atoms with Gasteiger partial charge in [0, 0.05) is 18.8 Å². The molecule has 1 aromatic rings. The Balaban J connectivity index is 1.82. The molecule has 1 aliphatic heterocycles. The third kappa shape index (κ3) is 1.87. The van der Waals surface area contributed by atoms with E-state index < -0.39 is 0 Å². The lowest BCUT2D eigenvalue weighted by Crippen LogP contribution is -2.38. The van der Waals surface area contributed by atoms with Gasteiger partial charge < -0.3 is 9.30 Å². The summed E-state index contributed by atoms with van der Waals surface area (Å²) in [5.41, 5.74) is 0.907. The average molecular weight is 230 g/mol. The first-order valence-electron chi connectivity index (χ1n) is 6.54. The first kappa shape index (κ1) is 10.9. The standard InChI is InChI=1S/C14H18N2O/c15-11-13-4-3-8-16(13)12-5-9-17-14(10-12)6-1-2-7-14/h3-4,8,12H,1-2,5-7,9-10H2. The summed E-state index contributed by atoms with van der Waals surface area (Å²) in [6, 6.07) is 6.59. The molecule has 3 nitrogen and oxygen atoms in total. The molecule has 3 rings (SSSR count). The van der Waals surface area contributed by atoms with E-state index in [1.54, 1.807) is 0 Å². The molecule has 2 heterocycles. The average Bonchev–Trinajstić information content (AvgIpc) is 2.98. The van der Waals surface area contributed by atoms with Gasteiger partial charge in [0.1, 0.15) is 11.8 Å². The van der Waals surface area contributed by atoms with Crippen molar-refractivity contribution < 1.29 is 4.74 Å². The molecule has 0 amide bonds. The molecule has 1 saturated carbocycles. The summed E-state index contributed by atoms with van der Waals surface area (Å²) in [5.74, 6) is 0. The van der Waals surface area contributed by atoms with E-state index in [9.17, 15) is 0 Å². The minimum atomic E-state index is 0.125. The van der Waals surface area contributed by atoms with Gasteiger partial charge in [-0.3, -0.25) is 0 Å². The quantitative estimate of drug-likeness (QED) is 0.743. The molecule has 1 spiro atoms. The van der Waals surface area contributed by atoms with E-state index >= 15 is 0 Å². The lowest BCUT2D eigenvalue weighted by Gasteiger charge is -2.39. The first-order chi connectivity index (χ1) is 8.33. The van der Waals surface area contributed by atoms with Gasteiger partial charge in [-0.1, -0.05) is 12.8 Å². The molecule has 0 N–H and O–H groups in total. The molecular formula is C14H18N2O. The number of aromatic nitrogens is 1. The summed E-state index contributed by atoms with van der Waals surface area (Å²) in [7, 11) is 0. The van der Waals surface area contributed by atoms with Crippen LogP contribution in [-0.4, -0.2) is 16.8 Å². The van der Waals surface area contributed by atoms with E-state index in [4.69, 9.17) is 10.00 Å². The second-order valence-corrected chi connectivity index (χ2v) is 5.30. The SMILES string of the molecule is N#Cc1cccn1C1CCOC2(CCCC2)C1. The third-order valence-electron chi connectivity index (χ3n) is 4.27. The maximum atomic E-state index is 9.09. The van der Waals surface area contributed by atoms with Gasteiger partial charge in [-0.25, -0.2) is 0 Å². The van der Waals surface area contributed by atoms with Crippen molar-refractivity contribution in [2.75, 3.05) is 6.61 Å². The Labute approximate surface area is 102 Å². The van der Waals surface area contributed by atoms with Gasteiger partial charge in [0.25, 0.3) is 0 Å². The van der Waals surface area contributed by atoms with Crippen LogP contribution in [0, 0.1) is 11.3 Å². The molecule has 1 atom stereocenters. The van der Waals surface area contributed by atoms with Crippen molar-refractivity contribution in [2.24, 2.45) is 0 Å². The van der Waals surface area contributed by atoms with E-state index in [0.29, 0.717) is 6.04 Å². The van der Waals surface area contributed by atoms with Crippen LogP contribution in [0.3, 0.4) is 0 Å². The third-order valence-corrected chi connectivity index (χ3v) is 4.27. The van der Waals surface area contributed by atoms with Crippen LogP contribution in [-0.2, 0) is 4.74 Å². The number of hydrogen-bond donors (Lipinski definition) is 0. The van der Waals surface area contributed by atoms with Crippen LogP contribution in [0.5, 0.6) is 0 Å². The minimum Gasteiger partial charge on any atom is -0.375 e. The highest BCUT2D eigenvalue weighted by atomic mass is 16.5. The molecule has 2 aliphatic rings. The Morgan fingerprint density at radius 2 is 2.24 bits per heavy atom. The summed E-state index contributed by atoms with van der Waals surface area (Å²) in [6.07, 6.45) is 9.14. The number of hydrogen-bond acceptors (Lipinski definition) is 2. The van der Waals surface area contributed by atoms with Gasteiger partial charge in [-0.05, 0) is 37.8 Å². The Hall–Kier alpha value is -1.27. The zero-order valence-corrected chi connectivity index (χ0v) is 10.1. The predicted molar refractivity (Wildman–Crippen MR) is 64.6 cm³/mol. The van der Waals surface area contributed by atoms with Crippen LogP contribution in [0.2, 0.25) is 0 Å². The minimum absolute atomic E-state index is 0.125. The maximum Gasteiger partial charge on any atom is 0.120 e. The van der Waals surface area contributed by atoms with Gasteiger partial charge in [-0.2, -0.15) is 5.26 Å². The molecule has 3 heteroatoms. The van der Waals surface area contributed by atoms with Gasteiger partial charge in [0.05, 0.1) is 5.60 Å². The maximum absolute atomic E-state index is 9.09. The monoisotopic (exact) mass is 230 g/mol. The molecule has 0 radical (unpaired) electrons. The van der Waals surface area contributed by atoms with Crippen LogP contribution in [0.15, 0.2) is 18.3 Å². The molecule has 1 saturated heterocycles. The molecular weight excluding hydrogens is 212 g/mol. The molecule has 17 heavy (non-hydrogen) atoms.